The Balaban J connectivity index is 1.34. The van der Waals surface area contributed by atoms with E-state index < -0.39 is 23.1 Å². The molecule has 1 aromatic heterocycles. The summed E-state index contributed by atoms with van der Waals surface area (Å²) < 4.78 is 55.2. The van der Waals surface area contributed by atoms with Crippen molar-refractivity contribution in [1.29, 1.82) is 0 Å². The van der Waals surface area contributed by atoms with Crippen LogP contribution in [0.1, 0.15) is 58.2 Å². The van der Waals surface area contributed by atoms with Crippen molar-refractivity contribution in [1.82, 2.24) is 20.1 Å². The van der Waals surface area contributed by atoms with Crippen molar-refractivity contribution in [3.05, 3.63) is 76.4 Å². The average molecular weight is 542 g/mol. The third-order valence-electron chi connectivity index (χ3n) is 8.30. The Morgan fingerprint density at radius 2 is 1.97 bits per heavy atom. The molecule has 11 heteroatoms. The van der Waals surface area contributed by atoms with Crippen LogP contribution in [0.2, 0.25) is 0 Å². The number of nitrogens with one attached hydrogen (secondary N) is 1. The Labute approximate surface area is 224 Å². The van der Waals surface area contributed by atoms with Crippen LogP contribution in [-0.4, -0.2) is 52.6 Å². The van der Waals surface area contributed by atoms with Crippen molar-refractivity contribution in [2.45, 2.75) is 56.1 Å². The summed E-state index contributed by atoms with van der Waals surface area (Å²) in [7, 11) is 3.55. The number of nitrogens with zero attached hydrogens (tertiary/aromatic N) is 4. The topological polar surface area (TPSA) is 81.5 Å². The first kappa shape index (κ1) is 26.0. The molecule has 2 aromatic carbocycles. The van der Waals surface area contributed by atoms with E-state index in [1.807, 2.05) is 36.7 Å². The Morgan fingerprint density at radius 3 is 2.59 bits per heavy atom. The van der Waals surface area contributed by atoms with Gasteiger partial charge in [0.05, 0.1) is 42.4 Å². The molecular formula is C28H30F3N5O3. The van der Waals surface area contributed by atoms with Gasteiger partial charge in [-0.05, 0) is 60.7 Å². The van der Waals surface area contributed by atoms with Gasteiger partial charge >= 0.3 is 6.18 Å². The number of carbonyl (C=O) groups is 1. The number of carbonyl (C=O) groups excluding carboxylic acids is 1. The lowest BCUT2D eigenvalue weighted by Gasteiger charge is -2.46. The maximum atomic E-state index is 14.2. The van der Waals surface area contributed by atoms with Crippen molar-refractivity contribution >= 4 is 11.6 Å². The van der Waals surface area contributed by atoms with E-state index in [2.05, 4.69) is 15.5 Å². The van der Waals surface area contributed by atoms with Gasteiger partial charge in [0.15, 0.2) is 0 Å². The molecule has 0 atom stereocenters. The largest absolute Gasteiger partial charge is 0.416 e. The first-order chi connectivity index (χ1) is 18.5. The molecule has 0 bridgehead atoms. The Morgan fingerprint density at radius 1 is 1.21 bits per heavy atom. The van der Waals surface area contributed by atoms with E-state index in [1.165, 1.54) is 4.90 Å². The van der Waals surface area contributed by atoms with Crippen LogP contribution in [-0.2, 0) is 41.2 Å². The summed E-state index contributed by atoms with van der Waals surface area (Å²) in [5.74, 6) is 0.342. The molecule has 1 aliphatic carbocycles. The molecular weight excluding hydrogens is 511 g/mol. The summed E-state index contributed by atoms with van der Waals surface area (Å²) in [5, 5.41) is 11.7. The molecule has 2 fully saturated rings. The summed E-state index contributed by atoms with van der Waals surface area (Å²) in [6.07, 6.45) is -1.51. The second-order valence-corrected chi connectivity index (χ2v) is 11.1. The molecule has 0 unspecified atom stereocenters. The number of ether oxygens (including phenoxy) is 2. The van der Waals surface area contributed by atoms with E-state index in [1.54, 1.807) is 25.6 Å². The SMILES string of the molecule is CO[C@H]1C[C@](c2cccc(N3Cc4c(cc(CNC5(C)COC5)cc4C(F)(F)F)C3=O)c2)(c2nncn2C)C1. The number of hydrogen-bond acceptors (Lipinski definition) is 6. The van der Waals surface area contributed by atoms with E-state index in [9.17, 15) is 18.0 Å². The van der Waals surface area contributed by atoms with Gasteiger partial charge in [-0.15, -0.1) is 10.2 Å². The number of fused-ring (bicyclic) bond motifs is 1. The molecule has 3 aliphatic rings. The number of halogens is 3. The van der Waals surface area contributed by atoms with E-state index >= 15 is 0 Å². The van der Waals surface area contributed by atoms with Gasteiger partial charge in [-0.25, -0.2) is 0 Å². The third-order valence-corrected chi connectivity index (χ3v) is 8.30. The normalized spacial score (nSPS) is 23.9. The fraction of sp³-hybridized carbons (Fsp3) is 0.464. The number of anilines is 1. The zero-order valence-electron chi connectivity index (χ0n) is 22.0. The molecule has 3 aromatic rings. The predicted octanol–water partition coefficient (Wildman–Crippen LogP) is 3.97. The third kappa shape index (κ3) is 4.32. The maximum Gasteiger partial charge on any atom is 0.416 e. The molecule has 1 amide bonds. The number of benzene rings is 2. The number of rotatable bonds is 7. The highest BCUT2D eigenvalue weighted by molar-refractivity contribution is 6.10. The van der Waals surface area contributed by atoms with Crippen molar-refractivity contribution in [3.63, 3.8) is 0 Å². The monoisotopic (exact) mass is 541 g/mol. The minimum atomic E-state index is -4.59. The van der Waals surface area contributed by atoms with Crippen LogP contribution in [0.4, 0.5) is 18.9 Å². The average Bonchev–Trinajstić information content (AvgIpc) is 3.44. The highest BCUT2D eigenvalue weighted by Crippen LogP contribution is 2.50. The van der Waals surface area contributed by atoms with Crippen LogP contribution >= 0.6 is 0 Å². The lowest BCUT2D eigenvalue weighted by Crippen LogP contribution is -2.57. The predicted molar refractivity (Wildman–Crippen MR) is 136 cm³/mol. The smallest absolute Gasteiger partial charge is 0.381 e. The van der Waals surface area contributed by atoms with Gasteiger partial charge in [-0.1, -0.05) is 12.1 Å². The van der Waals surface area contributed by atoms with Gasteiger partial charge < -0.3 is 24.3 Å². The molecule has 8 nitrogen and oxygen atoms in total. The molecule has 1 saturated carbocycles. The fourth-order valence-electron chi connectivity index (χ4n) is 5.98. The molecule has 0 radical (unpaired) electrons. The van der Waals surface area contributed by atoms with Gasteiger partial charge in [0, 0.05) is 32.0 Å². The Bertz CT molecular complexity index is 1430. The molecule has 1 N–H and O–H groups in total. The number of hydrogen-bond donors (Lipinski definition) is 1. The molecule has 206 valence electrons. The molecule has 3 heterocycles. The van der Waals surface area contributed by atoms with Crippen LogP contribution in [0.5, 0.6) is 0 Å². The van der Waals surface area contributed by atoms with Gasteiger partial charge in [0.2, 0.25) is 0 Å². The molecule has 0 spiro atoms. The van der Waals surface area contributed by atoms with Crippen LogP contribution in [0.15, 0.2) is 42.7 Å². The minimum absolute atomic E-state index is 0.00551. The van der Waals surface area contributed by atoms with Crippen molar-refractivity contribution in [3.8, 4) is 0 Å². The highest BCUT2D eigenvalue weighted by Gasteiger charge is 2.50. The van der Waals surface area contributed by atoms with E-state index in [4.69, 9.17) is 9.47 Å². The van der Waals surface area contributed by atoms with Crippen molar-refractivity contribution in [2.24, 2.45) is 7.05 Å². The summed E-state index contributed by atoms with van der Waals surface area (Å²) in [5.41, 5.74) is 0.466. The fourth-order valence-corrected chi connectivity index (χ4v) is 5.98. The van der Waals surface area contributed by atoms with Gasteiger partial charge in [-0.2, -0.15) is 13.2 Å². The van der Waals surface area contributed by atoms with Gasteiger partial charge in [-0.3, -0.25) is 4.79 Å². The minimum Gasteiger partial charge on any atom is -0.381 e. The zero-order valence-corrected chi connectivity index (χ0v) is 22.0. The number of aromatic nitrogens is 3. The summed E-state index contributed by atoms with van der Waals surface area (Å²) >= 11 is 0. The van der Waals surface area contributed by atoms with Gasteiger partial charge in [0.1, 0.15) is 12.2 Å². The summed E-state index contributed by atoms with van der Waals surface area (Å²) in [4.78, 5) is 15.0. The maximum absolute atomic E-state index is 14.2. The van der Waals surface area contributed by atoms with E-state index in [0.29, 0.717) is 37.3 Å². The Hall–Kier alpha value is -3.28. The lowest BCUT2D eigenvalue weighted by molar-refractivity contribution is -0.138. The molecule has 1 saturated heterocycles. The zero-order chi connectivity index (χ0) is 27.6. The van der Waals surface area contributed by atoms with E-state index in [0.717, 1.165) is 17.5 Å². The van der Waals surface area contributed by atoms with Crippen molar-refractivity contribution < 1.29 is 27.4 Å². The number of amides is 1. The Kier molecular flexibility index (Phi) is 6.09. The quantitative estimate of drug-likeness (QED) is 0.488. The van der Waals surface area contributed by atoms with Crippen LogP contribution in [0.25, 0.3) is 0 Å². The molecule has 39 heavy (non-hydrogen) atoms. The number of aryl methyl sites for hydroxylation is 1. The summed E-state index contributed by atoms with van der Waals surface area (Å²) in [6.45, 7) is 3.00. The number of methoxy groups -OCH3 is 1. The molecule has 2 aliphatic heterocycles. The standard InChI is InChI=1S/C28H30F3N5O3/c1-26(14-39-15-26)32-12-17-7-21-22(23(8-17)28(29,30)31)13-36(24(21)37)19-6-4-5-18(9-19)27(10-20(11-27)38-3)25-34-33-16-35(25)2/h4-9,16,20,32H,10-15H2,1-3H3/t20-,27-. The van der Waals surface area contributed by atoms with Crippen LogP contribution < -0.4 is 10.2 Å². The first-order valence-electron chi connectivity index (χ1n) is 12.9. The highest BCUT2D eigenvalue weighted by atomic mass is 19.4. The first-order valence-corrected chi connectivity index (χ1v) is 12.9. The second-order valence-electron chi connectivity index (χ2n) is 11.1. The van der Waals surface area contributed by atoms with E-state index in [-0.39, 0.29) is 35.9 Å². The van der Waals surface area contributed by atoms with Crippen LogP contribution in [0.3, 0.4) is 0 Å². The lowest BCUT2D eigenvalue weighted by atomic mass is 9.62. The van der Waals surface area contributed by atoms with Crippen LogP contribution in [0, 0.1) is 0 Å². The van der Waals surface area contributed by atoms with Gasteiger partial charge in [0.25, 0.3) is 5.91 Å². The number of alkyl halides is 3. The molecule has 6 rings (SSSR count). The second kappa shape index (κ2) is 9.14. The van der Waals surface area contributed by atoms with Crippen molar-refractivity contribution in [2.75, 3.05) is 25.2 Å². The summed E-state index contributed by atoms with van der Waals surface area (Å²) in [6, 6.07) is 10.2.